The highest BCUT2D eigenvalue weighted by Crippen LogP contribution is 2.25. The molecule has 0 amide bonds. The Morgan fingerprint density at radius 1 is 1.18 bits per heavy atom. The summed E-state index contributed by atoms with van der Waals surface area (Å²) in [5.74, 6) is -0.191. The van der Waals surface area contributed by atoms with Gasteiger partial charge in [-0.05, 0) is 41.5 Å². The van der Waals surface area contributed by atoms with Crippen LogP contribution in [0.5, 0.6) is 0 Å². The van der Waals surface area contributed by atoms with E-state index in [2.05, 4.69) is 20.4 Å². The third-order valence-electron chi connectivity index (χ3n) is 2.99. The van der Waals surface area contributed by atoms with Crippen LogP contribution in [0.1, 0.15) is 12.8 Å². The van der Waals surface area contributed by atoms with E-state index in [9.17, 15) is 4.39 Å². The first-order chi connectivity index (χ1) is 8.34. The lowest BCUT2D eigenvalue weighted by molar-refractivity contribution is 0.622. The molecule has 0 bridgehead atoms. The van der Waals surface area contributed by atoms with Gasteiger partial charge < -0.3 is 4.90 Å². The second kappa shape index (κ2) is 4.12. The maximum atomic E-state index is 13.8. The van der Waals surface area contributed by atoms with Gasteiger partial charge in [0.15, 0.2) is 0 Å². The molecule has 1 fully saturated rings. The minimum Gasteiger partial charge on any atom is -0.369 e. The molecule has 0 saturated carbocycles. The zero-order chi connectivity index (χ0) is 11.7. The van der Waals surface area contributed by atoms with E-state index < -0.39 is 0 Å². The van der Waals surface area contributed by atoms with Crippen LogP contribution in [0.3, 0.4) is 0 Å². The Kier molecular flexibility index (Phi) is 2.47. The van der Waals surface area contributed by atoms with E-state index in [1.165, 1.54) is 17.1 Å². The van der Waals surface area contributed by atoms with Gasteiger partial charge in [0.25, 0.3) is 0 Å². The Morgan fingerprint density at radius 2 is 2.00 bits per heavy atom. The normalized spacial score (nSPS) is 15.5. The Bertz CT molecular complexity index is 505. The topological polar surface area (TPSA) is 46.8 Å². The Balaban J connectivity index is 2.00. The SMILES string of the molecule is Fc1ccc(-n2cnnn2)cc1N1CCCC1. The first-order valence-corrected chi connectivity index (χ1v) is 5.62. The van der Waals surface area contributed by atoms with E-state index >= 15 is 0 Å². The fraction of sp³-hybridized carbons (Fsp3) is 0.364. The molecule has 6 heteroatoms. The molecular weight excluding hydrogens is 221 g/mol. The third-order valence-corrected chi connectivity index (χ3v) is 2.99. The largest absolute Gasteiger partial charge is 0.369 e. The number of nitrogens with zero attached hydrogens (tertiary/aromatic N) is 5. The quantitative estimate of drug-likeness (QED) is 0.786. The molecule has 17 heavy (non-hydrogen) atoms. The van der Waals surface area contributed by atoms with E-state index in [0.29, 0.717) is 5.69 Å². The van der Waals surface area contributed by atoms with E-state index in [1.807, 2.05) is 0 Å². The number of anilines is 1. The van der Waals surface area contributed by atoms with Gasteiger partial charge in [-0.2, -0.15) is 0 Å². The molecule has 0 atom stereocenters. The van der Waals surface area contributed by atoms with E-state index in [1.54, 1.807) is 12.1 Å². The van der Waals surface area contributed by atoms with E-state index in [0.717, 1.165) is 31.6 Å². The monoisotopic (exact) mass is 233 g/mol. The number of hydrogen-bond acceptors (Lipinski definition) is 4. The summed E-state index contributed by atoms with van der Waals surface area (Å²) in [5.41, 5.74) is 1.41. The molecule has 0 N–H and O–H groups in total. The van der Waals surface area contributed by atoms with Gasteiger partial charge in [0.1, 0.15) is 12.1 Å². The van der Waals surface area contributed by atoms with Crippen molar-refractivity contribution in [2.45, 2.75) is 12.8 Å². The zero-order valence-electron chi connectivity index (χ0n) is 9.25. The number of benzene rings is 1. The van der Waals surface area contributed by atoms with Crippen molar-refractivity contribution in [1.29, 1.82) is 0 Å². The van der Waals surface area contributed by atoms with Gasteiger partial charge in [0, 0.05) is 13.1 Å². The molecule has 1 aliphatic rings. The van der Waals surface area contributed by atoms with E-state index in [-0.39, 0.29) is 5.82 Å². The number of rotatable bonds is 2. The van der Waals surface area contributed by atoms with Crippen molar-refractivity contribution in [3.05, 3.63) is 30.3 Å². The summed E-state index contributed by atoms with van der Waals surface area (Å²) in [7, 11) is 0. The average molecular weight is 233 g/mol. The lowest BCUT2D eigenvalue weighted by Crippen LogP contribution is -2.19. The fourth-order valence-corrected chi connectivity index (χ4v) is 2.12. The van der Waals surface area contributed by atoms with Crippen molar-refractivity contribution in [3.63, 3.8) is 0 Å². The van der Waals surface area contributed by atoms with Gasteiger partial charge in [0.05, 0.1) is 11.4 Å². The molecule has 88 valence electrons. The van der Waals surface area contributed by atoms with Crippen LogP contribution < -0.4 is 4.90 Å². The number of tetrazole rings is 1. The summed E-state index contributed by atoms with van der Waals surface area (Å²) in [6, 6.07) is 4.92. The second-order valence-corrected chi connectivity index (χ2v) is 4.08. The summed E-state index contributed by atoms with van der Waals surface area (Å²) in [5, 5.41) is 10.9. The minimum absolute atomic E-state index is 0.191. The number of hydrogen-bond donors (Lipinski definition) is 0. The number of aromatic nitrogens is 4. The average Bonchev–Trinajstić information content (AvgIpc) is 3.03. The van der Waals surface area contributed by atoms with Crippen LogP contribution in [0.25, 0.3) is 5.69 Å². The van der Waals surface area contributed by atoms with Gasteiger partial charge in [-0.1, -0.05) is 0 Å². The molecule has 0 aliphatic carbocycles. The maximum absolute atomic E-state index is 13.8. The molecule has 5 nitrogen and oxygen atoms in total. The lowest BCUT2D eigenvalue weighted by atomic mass is 10.2. The maximum Gasteiger partial charge on any atom is 0.146 e. The summed E-state index contributed by atoms with van der Waals surface area (Å²) in [6.07, 6.45) is 3.74. The van der Waals surface area contributed by atoms with Crippen LogP contribution in [0.2, 0.25) is 0 Å². The van der Waals surface area contributed by atoms with Crippen LogP contribution in [-0.2, 0) is 0 Å². The first kappa shape index (κ1) is 10.2. The number of halogens is 1. The van der Waals surface area contributed by atoms with Crippen LogP contribution in [0.4, 0.5) is 10.1 Å². The highest BCUT2D eigenvalue weighted by Gasteiger charge is 2.16. The van der Waals surface area contributed by atoms with Crippen molar-refractivity contribution < 1.29 is 4.39 Å². The van der Waals surface area contributed by atoms with Crippen molar-refractivity contribution in [2.75, 3.05) is 18.0 Å². The third kappa shape index (κ3) is 1.86. The molecule has 1 saturated heterocycles. The van der Waals surface area contributed by atoms with Gasteiger partial charge in [-0.15, -0.1) is 5.10 Å². The molecule has 0 spiro atoms. The lowest BCUT2D eigenvalue weighted by Gasteiger charge is -2.18. The minimum atomic E-state index is -0.191. The molecule has 0 radical (unpaired) electrons. The molecular formula is C11H12FN5. The van der Waals surface area contributed by atoms with Crippen molar-refractivity contribution in [2.24, 2.45) is 0 Å². The zero-order valence-corrected chi connectivity index (χ0v) is 9.25. The van der Waals surface area contributed by atoms with Crippen LogP contribution in [0.15, 0.2) is 24.5 Å². The molecule has 0 unspecified atom stereocenters. The molecule has 1 aliphatic heterocycles. The highest BCUT2D eigenvalue weighted by molar-refractivity contribution is 5.54. The van der Waals surface area contributed by atoms with Crippen LogP contribution >= 0.6 is 0 Å². The standard InChI is InChI=1S/C11H12FN5/c12-10-4-3-9(17-8-13-14-15-17)7-11(10)16-5-1-2-6-16/h3-4,7-8H,1-2,5-6H2. The van der Waals surface area contributed by atoms with E-state index in [4.69, 9.17) is 0 Å². The van der Waals surface area contributed by atoms with Gasteiger partial charge in [-0.3, -0.25) is 0 Å². The fourth-order valence-electron chi connectivity index (χ4n) is 2.12. The second-order valence-electron chi connectivity index (χ2n) is 4.08. The summed E-state index contributed by atoms with van der Waals surface area (Å²) < 4.78 is 15.3. The smallest absolute Gasteiger partial charge is 0.146 e. The predicted octanol–water partition coefficient (Wildman–Crippen LogP) is 1.40. The van der Waals surface area contributed by atoms with Crippen LogP contribution in [-0.4, -0.2) is 33.3 Å². The summed E-state index contributed by atoms with van der Waals surface area (Å²) in [4.78, 5) is 2.06. The van der Waals surface area contributed by atoms with Crippen LogP contribution in [0, 0.1) is 5.82 Å². The molecule has 1 aromatic carbocycles. The first-order valence-electron chi connectivity index (χ1n) is 5.62. The predicted molar refractivity (Wildman–Crippen MR) is 60.6 cm³/mol. The Morgan fingerprint density at radius 3 is 2.71 bits per heavy atom. The summed E-state index contributed by atoms with van der Waals surface area (Å²) in [6.45, 7) is 1.83. The molecule has 2 heterocycles. The van der Waals surface area contributed by atoms with Gasteiger partial charge in [-0.25, -0.2) is 9.07 Å². The molecule has 3 rings (SSSR count). The highest BCUT2D eigenvalue weighted by atomic mass is 19.1. The summed E-state index contributed by atoms with van der Waals surface area (Å²) >= 11 is 0. The van der Waals surface area contributed by atoms with Crippen molar-refractivity contribution in [1.82, 2.24) is 20.2 Å². The molecule has 2 aromatic rings. The van der Waals surface area contributed by atoms with Crippen molar-refractivity contribution >= 4 is 5.69 Å². The Labute approximate surface area is 97.9 Å². The Hall–Kier alpha value is -1.98. The van der Waals surface area contributed by atoms with Crippen molar-refractivity contribution in [3.8, 4) is 5.69 Å². The van der Waals surface area contributed by atoms with Gasteiger partial charge in [0.2, 0.25) is 0 Å². The molecule has 1 aromatic heterocycles. The van der Waals surface area contributed by atoms with Gasteiger partial charge >= 0.3 is 0 Å².